The van der Waals surface area contributed by atoms with E-state index in [1.54, 1.807) is 0 Å². The molecule has 0 N–H and O–H groups in total. The molecule has 0 atom stereocenters. The molecule has 0 heterocycles. The van der Waals surface area contributed by atoms with E-state index in [2.05, 4.69) is 20.7 Å². The summed E-state index contributed by atoms with van der Waals surface area (Å²) in [6.07, 6.45) is -4.81. The minimum absolute atomic E-state index is 0.0939. The maximum absolute atomic E-state index is 13.1. The van der Waals surface area contributed by atoms with Crippen molar-refractivity contribution in [2.45, 2.75) is 6.36 Å². The van der Waals surface area contributed by atoms with Crippen molar-refractivity contribution in [2.75, 3.05) is 0 Å². The highest BCUT2D eigenvalue weighted by Gasteiger charge is 2.32. The predicted molar refractivity (Wildman–Crippen MR) is 53.5 cm³/mol. The summed E-state index contributed by atoms with van der Waals surface area (Å²) in [7, 11) is 0. The van der Waals surface area contributed by atoms with Crippen LogP contribution in [0.15, 0.2) is 16.6 Å². The lowest BCUT2D eigenvalue weighted by Crippen LogP contribution is -2.18. The Kier molecular flexibility index (Phi) is 3.62. The third-order valence-corrected chi connectivity index (χ3v) is 2.84. The molecule has 14 heavy (non-hydrogen) atoms. The van der Waals surface area contributed by atoms with E-state index >= 15 is 0 Å². The molecule has 1 aromatic carbocycles. The molecule has 78 valence electrons. The number of rotatable bonds is 1. The fourth-order valence-electron chi connectivity index (χ4n) is 0.712. The van der Waals surface area contributed by atoms with Crippen molar-refractivity contribution in [3.63, 3.8) is 0 Å². The van der Waals surface area contributed by atoms with E-state index in [0.717, 1.165) is 12.1 Å². The van der Waals surface area contributed by atoms with Gasteiger partial charge in [0.2, 0.25) is 0 Å². The van der Waals surface area contributed by atoms with Crippen molar-refractivity contribution in [1.29, 1.82) is 0 Å². The Morgan fingerprint density at radius 3 is 2.36 bits per heavy atom. The van der Waals surface area contributed by atoms with Crippen LogP contribution in [0.4, 0.5) is 17.6 Å². The van der Waals surface area contributed by atoms with Crippen LogP contribution in [0.5, 0.6) is 5.75 Å². The molecule has 0 aliphatic carbocycles. The summed E-state index contributed by atoms with van der Waals surface area (Å²) >= 11 is 4.28. The lowest BCUT2D eigenvalue weighted by Gasteiger charge is -2.11. The molecule has 0 radical (unpaired) electrons. The van der Waals surface area contributed by atoms with Crippen molar-refractivity contribution in [3.05, 3.63) is 26.0 Å². The minimum atomic E-state index is -4.81. The molecular formula is C7H2BrF4IO. The molecule has 0 unspecified atom stereocenters. The predicted octanol–water partition coefficient (Wildman–Crippen LogP) is 4.09. The molecule has 0 saturated heterocycles. The lowest BCUT2D eigenvalue weighted by molar-refractivity contribution is -0.275. The second-order valence-corrected chi connectivity index (χ2v) is 4.15. The van der Waals surface area contributed by atoms with Crippen molar-refractivity contribution >= 4 is 38.5 Å². The number of hydrogen-bond acceptors (Lipinski definition) is 1. The highest BCUT2D eigenvalue weighted by Crippen LogP contribution is 2.32. The monoisotopic (exact) mass is 384 g/mol. The van der Waals surface area contributed by atoms with Gasteiger partial charge in [-0.3, -0.25) is 0 Å². The average Bonchev–Trinajstić information content (AvgIpc) is 2.04. The molecule has 0 aliphatic rings. The first-order valence-electron chi connectivity index (χ1n) is 3.20. The molecule has 7 heteroatoms. The van der Waals surface area contributed by atoms with E-state index in [1.807, 2.05) is 0 Å². The first-order chi connectivity index (χ1) is 6.31. The van der Waals surface area contributed by atoms with E-state index in [9.17, 15) is 17.6 Å². The Hall–Kier alpha value is -0.0500. The SMILES string of the molecule is Fc1c(Br)ccc(OC(F)(F)F)c1I. The topological polar surface area (TPSA) is 9.23 Å². The minimum Gasteiger partial charge on any atom is -0.405 e. The van der Waals surface area contributed by atoms with Crippen molar-refractivity contribution < 1.29 is 22.3 Å². The van der Waals surface area contributed by atoms with Crippen LogP contribution in [-0.2, 0) is 0 Å². The van der Waals surface area contributed by atoms with Crippen LogP contribution in [0.3, 0.4) is 0 Å². The Morgan fingerprint density at radius 1 is 1.29 bits per heavy atom. The highest BCUT2D eigenvalue weighted by molar-refractivity contribution is 14.1. The third-order valence-electron chi connectivity index (χ3n) is 1.23. The molecule has 0 aliphatic heterocycles. The van der Waals surface area contributed by atoms with Gasteiger partial charge in [-0.2, -0.15) is 0 Å². The van der Waals surface area contributed by atoms with E-state index in [4.69, 9.17) is 0 Å². The third kappa shape index (κ3) is 2.97. The normalized spacial score (nSPS) is 11.6. The van der Waals surface area contributed by atoms with E-state index in [-0.39, 0.29) is 8.04 Å². The number of alkyl halides is 3. The molecule has 1 nitrogen and oxygen atoms in total. The van der Waals surface area contributed by atoms with Gasteiger partial charge in [0.15, 0.2) is 5.82 Å². The lowest BCUT2D eigenvalue weighted by atomic mass is 10.3. The van der Waals surface area contributed by atoms with Gasteiger partial charge in [0.05, 0.1) is 8.04 Å². The van der Waals surface area contributed by atoms with E-state index in [1.165, 1.54) is 22.6 Å². The van der Waals surface area contributed by atoms with Crippen LogP contribution >= 0.6 is 38.5 Å². The quantitative estimate of drug-likeness (QED) is 0.402. The first-order valence-corrected chi connectivity index (χ1v) is 5.07. The maximum Gasteiger partial charge on any atom is 0.573 e. The summed E-state index contributed by atoms with van der Waals surface area (Å²) in [5, 5.41) is 0. The van der Waals surface area contributed by atoms with E-state index in [0.29, 0.717) is 0 Å². The average molecular weight is 385 g/mol. The van der Waals surface area contributed by atoms with Crippen LogP contribution in [0.1, 0.15) is 0 Å². The van der Waals surface area contributed by atoms with Gasteiger partial charge in [0.25, 0.3) is 0 Å². The summed E-state index contributed by atoms with van der Waals surface area (Å²) < 4.78 is 51.9. The molecule has 1 rings (SSSR count). The number of benzene rings is 1. The summed E-state index contributed by atoms with van der Waals surface area (Å²) in [5.74, 6) is -1.31. The zero-order chi connectivity index (χ0) is 10.9. The van der Waals surface area contributed by atoms with Gasteiger partial charge in [0.1, 0.15) is 5.75 Å². The molecule has 0 aromatic heterocycles. The molecule has 0 saturated carbocycles. The first kappa shape index (κ1) is 12.0. The van der Waals surface area contributed by atoms with Crippen LogP contribution in [0.2, 0.25) is 0 Å². The van der Waals surface area contributed by atoms with Gasteiger partial charge in [-0.05, 0) is 50.7 Å². The van der Waals surface area contributed by atoms with Gasteiger partial charge in [0, 0.05) is 0 Å². The molecule has 1 aromatic rings. The van der Waals surface area contributed by atoms with Crippen molar-refractivity contribution in [2.24, 2.45) is 0 Å². The Balaban J connectivity index is 3.06. The van der Waals surface area contributed by atoms with Crippen molar-refractivity contribution in [3.8, 4) is 5.75 Å². The fourth-order valence-corrected chi connectivity index (χ4v) is 1.99. The Bertz CT molecular complexity index is 352. The smallest absolute Gasteiger partial charge is 0.405 e. The van der Waals surface area contributed by atoms with Gasteiger partial charge >= 0.3 is 6.36 Å². The molecular weight excluding hydrogens is 383 g/mol. The molecule has 0 spiro atoms. The van der Waals surface area contributed by atoms with Crippen LogP contribution in [0.25, 0.3) is 0 Å². The zero-order valence-corrected chi connectivity index (χ0v) is 10.1. The largest absolute Gasteiger partial charge is 0.573 e. The summed E-state index contributed by atoms with van der Waals surface area (Å²) in [4.78, 5) is 0. The van der Waals surface area contributed by atoms with Gasteiger partial charge in [-0.25, -0.2) is 4.39 Å². The van der Waals surface area contributed by atoms with Crippen LogP contribution in [-0.4, -0.2) is 6.36 Å². The Labute approximate surface area is 98.7 Å². The second-order valence-electron chi connectivity index (χ2n) is 2.22. The summed E-state index contributed by atoms with van der Waals surface area (Å²) in [5.41, 5.74) is 0. The summed E-state index contributed by atoms with van der Waals surface area (Å²) in [6.45, 7) is 0. The second kappa shape index (κ2) is 4.21. The molecule has 0 fully saturated rings. The van der Waals surface area contributed by atoms with E-state index < -0.39 is 17.9 Å². The zero-order valence-electron chi connectivity index (χ0n) is 6.33. The number of ether oxygens (including phenoxy) is 1. The van der Waals surface area contributed by atoms with Gasteiger partial charge in [-0.1, -0.05) is 0 Å². The van der Waals surface area contributed by atoms with Gasteiger partial charge in [-0.15, -0.1) is 13.2 Å². The maximum atomic E-state index is 13.1. The highest BCUT2D eigenvalue weighted by atomic mass is 127. The standard InChI is InChI=1S/C7H2BrF4IO/c8-3-1-2-4(6(13)5(3)9)14-7(10,11)12/h1-2H. The summed E-state index contributed by atoms with van der Waals surface area (Å²) in [6, 6.07) is 2.20. The molecule has 0 amide bonds. The number of hydrogen-bond donors (Lipinski definition) is 0. The van der Waals surface area contributed by atoms with Crippen LogP contribution in [0, 0.1) is 9.39 Å². The Morgan fingerprint density at radius 2 is 1.86 bits per heavy atom. The van der Waals surface area contributed by atoms with Gasteiger partial charge < -0.3 is 4.74 Å². The number of halogens is 6. The van der Waals surface area contributed by atoms with Crippen molar-refractivity contribution in [1.82, 2.24) is 0 Å². The fraction of sp³-hybridized carbons (Fsp3) is 0.143. The molecule has 0 bridgehead atoms. The van der Waals surface area contributed by atoms with Crippen LogP contribution < -0.4 is 4.74 Å².